The maximum atomic E-state index is 13.0. The number of hydrogen-bond donors (Lipinski definition) is 1. The Labute approximate surface area is 100 Å². The number of hydrogen-bond acceptors (Lipinski definition) is 1. The summed E-state index contributed by atoms with van der Waals surface area (Å²) in [5.41, 5.74) is 8.18. The molecular formula is C13H15ClFN. The van der Waals surface area contributed by atoms with E-state index in [4.69, 9.17) is 17.3 Å². The average molecular weight is 240 g/mol. The Hall–Kier alpha value is -0.860. The van der Waals surface area contributed by atoms with Crippen molar-refractivity contribution in [2.75, 3.05) is 0 Å². The van der Waals surface area contributed by atoms with E-state index in [1.54, 1.807) is 12.1 Å². The van der Waals surface area contributed by atoms with Crippen molar-refractivity contribution in [3.63, 3.8) is 0 Å². The van der Waals surface area contributed by atoms with E-state index in [0.29, 0.717) is 6.04 Å². The van der Waals surface area contributed by atoms with Gasteiger partial charge in [0.15, 0.2) is 0 Å². The molecule has 1 saturated carbocycles. The lowest BCUT2D eigenvalue weighted by molar-refractivity contribution is 0.514. The second-order valence-electron chi connectivity index (χ2n) is 4.31. The Balaban J connectivity index is 2.13. The summed E-state index contributed by atoms with van der Waals surface area (Å²) in [6, 6.07) is 5.17. The zero-order chi connectivity index (χ0) is 11.5. The molecule has 1 fully saturated rings. The summed E-state index contributed by atoms with van der Waals surface area (Å²) in [6.07, 6.45) is 6.26. The lowest BCUT2D eigenvalue weighted by Gasteiger charge is -2.20. The zero-order valence-electron chi connectivity index (χ0n) is 9.05. The molecule has 0 atom stereocenters. The number of allylic oxidation sites excluding steroid dienone is 1. The van der Waals surface area contributed by atoms with Crippen LogP contribution in [0.3, 0.4) is 0 Å². The van der Waals surface area contributed by atoms with Crippen LogP contribution in [-0.4, -0.2) is 6.04 Å². The fraction of sp³-hybridized carbons (Fsp3) is 0.385. The van der Waals surface area contributed by atoms with Crippen LogP contribution in [0.15, 0.2) is 23.8 Å². The van der Waals surface area contributed by atoms with Crippen LogP contribution >= 0.6 is 11.6 Å². The molecule has 0 spiro atoms. The highest BCUT2D eigenvalue weighted by atomic mass is 35.5. The molecule has 2 N–H and O–H groups in total. The van der Waals surface area contributed by atoms with E-state index in [-0.39, 0.29) is 10.8 Å². The third-order valence-corrected chi connectivity index (χ3v) is 3.28. The molecule has 0 bridgehead atoms. The molecule has 0 aromatic heterocycles. The summed E-state index contributed by atoms with van der Waals surface area (Å²) in [5, 5.41) is 0.182. The molecule has 0 heterocycles. The molecule has 1 aromatic rings. The quantitative estimate of drug-likeness (QED) is 0.793. The summed E-state index contributed by atoms with van der Waals surface area (Å²) >= 11 is 5.73. The van der Waals surface area contributed by atoms with Crippen LogP contribution in [0.25, 0.3) is 6.08 Å². The fourth-order valence-electron chi connectivity index (χ4n) is 1.99. The van der Waals surface area contributed by atoms with E-state index in [2.05, 4.69) is 6.08 Å². The standard InChI is InChI=1S/C13H15ClFN/c14-12-8-10(3-6-13(12)15)7-9-1-4-11(16)5-2-9/h3,6-8,11H,1-2,4-5,16H2. The van der Waals surface area contributed by atoms with Gasteiger partial charge in [-0.2, -0.15) is 0 Å². The van der Waals surface area contributed by atoms with E-state index >= 15 is 0 Å². The minimum atomic E-state index is -0.366. The molecule has 1 nitrogen and oxygen atoms in total. The Morgan fingerprint density at radius 2 is 2.00 bits per heavy atom. The topological polar surface area (TPSA) is 26.0 Å². The van der Waals surface area contributed by atoms with Crippen molar-refractivity contribution >= 4 is 17.7 Å². The zero-order valence-corrected chi connectivity index (χ0v) is 9.80. The number of rotatable bonds is 1. The van der Waals surface area contributed by atoms with Gasteiger partial charge in [0.05, 0.1) is 5.02 Å². The van der Waals surface area contributed by atoms with Crippen molar-refractivity contribution in [2.24, 2.45) is 5.73 Å². The summed E-state index contributed by atoms with van der Waals surface area (Å²) < 4.78 is 13.0. The molecule has 1 aliphatic rings. The van der Waals surface area contributed by atoms with Gasteiger partial charge < -0.3 is 5.73 Å². The summed E-state index contributed by atoms with van der Waals surface area (Å²) in [6.45, 7) is 0. The van der Waals surface area contributed by atoms with E-state index in [1.165, 1.54) is 11.6 Å². The molecule has 16 heavy (non-hydrogen) atoms. The number of benzene rings is 1. The van der Waals surface area contributed by atoms with Gasteiger partial charge in [0.25, 0.3) is 0 Å². The molecule has 0 amide bonds. The molecular weight excluding hydrogens is 225 g/mol. The van der Waals surface area contributed by atoms with Crippen molar-refractivity contribution in [1.29, 1.82) is 0 Å². The van der Waals surface area contributed by atoms with Gasteiger partial charge >= 0.3 is 0 Å². The van der Waals surface area contributed by atoms with Crippen LogP contribution < -0.4 is 5.73 Å². The lowest BCUT2D eigenvalue weighted by Crippen LogP contribution is -2.23. The third-order valence-electron chi connectivity index (χ3n) is 2.99. The molecule has 86 valence electrons. The van der Waals surface area contributed by atoms with Crippen molar-refractivity contribution < 1.29 is 4.39 Å². The van der Waals surface area contributed by atoms with Crippen molar-refractivity contribution in [2.45, 2.75) is 31.7 Å². The predicted molar refractivity (Wildman–Crippen MR) is 65.8 cm³/mol. The van der Waals surface area contributed by atoms with Gasteiger partial charge in [0, 0.05) is 6.04 Å². The summed E-state index contributed by atoms with van der Waals surface area (Å²) in [4.78, 5) is 0. The molecule has 0 saturated heterocycles. The minimum absolute atomic E-state index is 0.182. The van der Waals surface area contributed by atoms with Gasteiger partial charge in [-0.1, -0.05) is 29.3 Å². The van der Waals surface area contributed by atoms with E-state index in [9.17, 15) is 4.39 Å². The second kappa shape index (κ2) is 4.98. The van der Waals surface area contributed by atoms with Crippen LogP contribution in [0, 0.1) is 5.82 Å². The average Bonchev–Trinajstić information content (AvgIpc) is 2.27. The maximum Gasteiger partial charge on any atom is 0.141 e. The molecule has 0 aliphatic heterocycles. The highest BCUT2D eigenvalue weighted by Crippen LogP contribution is 2.25. The minimum Gasteiger partial charge on any atom is -0.328 e. The first-order valence-electron chi connectivity index (χ1n) is 5.55. The molecule has 0 unspecified atom stereocenters. The highest BCUT2D eigenvalue weighted by molar-refractivity contribution is 6.30. The van der Waals surface area contributed by atoms with Crippen LogP contribution in [0.4, 0.5) is 4.39 Å². The maximum absolute atomic E-state index is 13.0. The SMILES string of the molecule is NC1CCC(=Cc2ccc(F)c(Cl)c2)CC1. The molecule has 3 heteroatoms. The molecule has 1 aliphatic carbocycles. The van der Waals surface area contributed by atoms with Crippen LogP contribution in [-0.2, 0) is 0 Å². The van der Waals surface area contributed by atoms with Gasteiger partial charge in [-0.15, -0.1) is 0 Å². The predicted octanol–water partition coefficient (Wildman–Crippen LogP) is 3.76. The van der Waals surface area contributed by atoms with Crippen molar-refractivity contribution in [3.05, 3.63) is 40.2 Å². The number of halogens is 2. The van der Waals surface area contributed by atoms with Crippen LogP contribution in [0.2, 0.25) is 5.02 Å². The Bertz CT molecular complexity index is 404. The first-order chi connectivity index (χ1) is 7.65. The second-order valence-corrected chi connectivity index (χ2v) is 4.72. The van der Waals surface area contributed by atoms with Crippen LogP contribution in [0.5, 0.6) is 0 Å². The van der Waals surface area contributed by atoms with Gasteiger partial charge in [0.2, 0.25) is 0 Å². The normalized spacial score (nSPS) is 20.9. The monoisotopic (exact) mass is 239 g/mol. The van der Waals surface area contributed by atoms with Gasteiger partial charge in [0.1, 0.15) is 5.82 Å². The highest BCUT2D eigenvalue weighted by Gasteiger charge is 2.12. The largest absolute Gasteiger partial charge is 0.328 e. The Morgan fingerprint density at radius 1 is 1.31 bits per heavy atom. The molecule has 1 aromatic carbocycles. The smallest absolute Gasteiger partial charge is 0.141 e. The number of nitrogens with two attached hydrogens (primary N) is 1. The van der Waals surface area contributed by atoms with Crippen LogP contribution in [0.1, 0.15) is 31.2 Å². The molecule has 2 rings (SSSR count). The Morgan fingerprint density at radius 3 is 2.62 bits per heavy atom. The first-order valence-corrected chi connectivity index (χ1v) is 5.93. The van der Waals surface area contributed by atoms with Gasteiger partial charge in [-0.3, -0.25) is 0 Å². The summed E-state index contributed by atoms with van der Waals surface area (Å²) in [5.74, 6) is -0.366. The molecule has 0 radical (unpaired) electrons. The lowest BCUT2D eigenvalue weighted by atomic mass is 9.90. The Kier molecular flexibility index (Phi) is 3.62. The van der Waals surface area contributed by atoms with E-state index in [0.717, 1.165) is 31.2 Å². The van der Waals surface area contributed by atoms with Gasteiger partial charge in [-0.25, -0.2) is 4.39 Å². The third kappa shape index (κ3) is 2.83. The summed E-state index contributed by atoms with van der Waals surface area (Å²) in [7, 11) is 0. The fourth-order valence-corrected chi connectivity index (χ4v) is 2.18. The van der Waals surface area contributed by atoms with Crippen molar-refractivity contribution in [3.8, 4) is 0 Å². The first kappa shape index (κ1) is 11.6. The van der Waals surface area contributed by atoms with Gasteiger partial charge in [-0.05, 0) is 43.4 Å². The van der Waals surface area contributed by atoms with Crippen molar-refractivity contribution in [1.82, 2.24) is 0 Å². The van der Waals surface area contributed by atoms with E-state index < -0.39 is 0 Å². The van der Waals surface area contributed by atoms with E-state index in [1.807, 2.05) is 0 Å².